The zero-order valence-electron chi connectivity index (χ0n) is 28.5. The number of piperazine rings is 1. The lowest BCUT2D eigenvalue weighted by atomic mass is 9.78. The first-order valence-electron chi connectivity index (χ1n) is 18.2. The highest BCUT2D eigenvalue weighted by molar-refractivity contribution is 6.02. The molecule has 264 valence electrons. The van der Waals surface area contributed by atoms with E-state index in [9.17, 15) is 14.7 Å². The van der Waals surface area contributed by atoms with Crippen molar-refractivity contribution in [3.8, 4) is 22.7 Å². The molecule has 2 aromatic carbocycles. The van der Waals surface area contributed by atoms with Crippen LogP contribution in [0.15, 0.2) is 60.9 Å². The van der Waals surface area contributed by atoms with Gasteiger partial charge in [-0.2, -0.15) is 5.10 Å². The highest BCUT2D eigenvalue weighted by Crippen LogP contribution is 2.43. The third-order valence-electron chi connectivity index (χ3n) is 11.7. The van der Waals surface area contributed by atoms with Crippen molar-refractivity contribution in [2.75, 3.05) is 48.4 Å². The number of nitrogens with two attached hydrogens (primary N) is 1. The molecule has 2 aromatic heterocycles. The van der Waals surface area contributed by atoms with E-state index >= 15 is 0 Å². The number of carbonyl (C=O) groups is 2. The standard InChI is InChI=1S/C38H43N9O4/c39-37-34(16-31(42-43-37)30-4-1-2-7-35(30)48)46-20-25(17-40-46)44-18-26-21-51-22-27(19-44)47(26)24-10-8-23(9-11-24)28-5-3-6-32-29(28)14-15-45(32)33-12-13-36(49)41-38(33)50/h1-7,16-17,20,23-24,26-27,33,48H,8-15,18-19,21-22H2,(H2,39,43)(H,41,49,50)/t23?,24?,26-,27-,33?/m1/s1. The number of carbonyl (C=O) groups excluding carboxylic acids is 2. The van der Waals surface area contributed by atoms with Gasteiger partial charge in [-0.3, -0.25) is 19.8 Å². The van der Waals surface area contributed by atoms with Crippen molar-refractivity contribution in [2.24, 2.45) is 0 Å². The van der Waals surface area contributed by atoms with E-state index in [0.717, 1.165) is 57.4 Å². The first-order valence-corrected chi connectivity index (χ1v) is 18.2. The Labute approximate surface area is 296 Å². The van der Waals surface area contributed by atoms with E-state index in [4.69, 9.17) is 10.5 Å². The zero-order chi connectivity index (χ0) is 34.6. The van der Waals surface area contributed by atoms with Crippen LogP contribution >= 0.6 is 0 Å². The summed E-state index contributed by atoms with van der Waals surface area (Å²) in [5.41, 5.74) is 13.0. The minimum absolute atomic E-state index is 0.130. The van der Waals surface area contributed by atoms with Crippen molar-refractivity contribution in [3.63, 3.8) is 0 Å². The summed E-state index contributed by atoms with van der Waals surface area (Å²) in [6, 6.07) is 16.3. The normalized spacial score (nSPS) is 26.6. The summed E-state index contributed by atoms with van der Waals surface area (Å²) >= 11 is 0. The largest absolute Gasteiger partial charge is 0.507 e. The molecule has 13 nitrogen and oxygen atoms in total. The molecular formula is C38H43N9O4. The van der Waals surface area contributed by atoms with Crippen molar-refractivity contribution >= 4 is 29.0 Å². The quantitative estimate of drug-likeness (QED) is 0.255. The van der Waals surface area contributed by atoms with Gasteiger partial charge in [0.15, 0.2) is 5.82 Å². The van der Waals surface area contributed by atoms with E-state index in [1.165, 1.54) is 16.8 Å². The number of anilines is 3. The molecule has 1 saturated carbocycles. The topological polar surface area (TPSA) is 155 Å². The number of benzene rings is 2. The van der Waals surface area contributed by atoms with Crippen LogP contribution in [0.2, 0.25) is 0 Å². The average Bonchev–Trinajstić information content (AvgIpc) is 3.80. The van der Waals surface area contributed by atoms with E-state index in [2.05, 4.69) is 53.5 Å². The molecule has 2 bridgehead atoms. The van der Waals surface area contributed by atoms with Crippen LogP contribution in [0.3, 0.4) is 0 Å². The van der Waals surface area contributed by atoms with Crippen LogP contribution in [0.4, 0.5) is 17.2 Å². The molecule has 6 heterocycles. The van der Waals surface area contributed by atoms with Crippen LogP contribution in [0.5, 0.6) is 5.75 Å². The van der Waals surface area contributed by atoms with Gasteiger partial charge in [0.1, 0.15) is 17.5 Å². The van der Waals surface area contributed by atoms with Crippen LogP contribution in [0.25, 0.3) is 16.9 Å². The number of aromatic hydroxyl groups is 1. The number of ether oxygens (including phenoxy) is 1. The molecule has 1 aliphatic carbocycles. The number of aromatic nitrogens is 4. The number of hydrogen-bond donors (Lipinski definition) is 3. The molecule has 1 unspecified atom stereocenters. The third kappa shape index (κ3) is 5.78. The second-order valence-corrected chi connectivity index (χ2v) is 14.6. The van der Waals surface area contributed by atoms with Gasteiger partial charge in [0.25, 0.3) is 0 Å². The number of imide groups is 1. The van der Waals surface area contributed by atoms with Gasteiger partial charge < -0.3 is 25.4 Å². The maximum Gasteiger partial charge on any atom is 0.249 e. The van der Waals surface area contributed by atoms with E-state index in [0.29, 0.717) is 67.0 Å². The molecule has 4 aromatic rings. The fourth-order valence-electron chi connectivity index (χ4n) is 9.36. The number of hydrogen-bond acceptors (Lipinski definition) is 11. The summed E-state index contributed by atoms with van der Waals surface area (Å²) in [7, 11) is 0. The Morgan fingerprint density at radius 2 is 1.69 bits per heavy atom. The molecule has 9 rings (SSSR count). The van der Waals surface area contributed by atoms with Gasteiger partial charge in [-0.05, 0) is 79.8 Å². The van der Waals surface area contributed by atoms with Gasteiger partial charge in [-0.15, -0.1) is 10.2 Å². The molecule has 4 fully saturated rings. The Kier molecular flexibility index (Phi) is 8.11. The predicted molar refractivity (Wildman–Crippen MR) is 192 cm³/mol. The molecular weight excluding hydrogens is 646 g/mol. The van der Waals surface area contributed by atoms with Crippen LogP contribution in [0, 0.1) is 0 Å². The summed E-state index contributed by atoms with van der Waals surface area (Å²) in [4.78, 5) is 31.9. The zero-order valence-corrected chi connectivity index (χ0v) is 28.5. The molecule has 4 N–H and O–H groups in total. The Morgan fingerprint density at radius 1 is 0.882 bits per heavy atom. The number of nitrogen functional groups attached to an aromatic ring is 1. The predicted octanol–water partition coefficient (Wildman–Crippen LogP) is 3.40. The number of piperidine rings is 1. The van der Waals surface area contributed by atoms with Crippen molar-refractivity contribution in [2.45, 2.75) is 75.0 Å². The lowest BCUT2D eigenvalue weighted by molar-refractivity contribution is -0.134. The number of morpholine rings is 1. The van der Waals surface area contributed by atoms with Crippen molar-refractivity contribution in [1.82, 2.24) is 30.2 Å². The van der Waals surface area contributed by atoms with Gasteiger partial charge in [-0.1, -0.05) is 24.3 Å². The average molecular weight is 690 g/mol. The van der Waals surface area contributed by atoms with Gasteiger partial charge in [0.05, 0.1) is 49.1 Å². The Bertz CT molecular complexity index is 1960. The number of phenols is 1. The monoisotopic (exact) mass is 689 g/mol. The molecule has 2 amide bonds. The fraction of sp³-hybridized carbons (Fsp3) is 0.447. The maximum absolute atomic E-state index is 12.7. The SMILES string of the molecule is Nc1nnc(-c2ccccc2O)cc1-n1cc(N2C[C@@H]3COC[C@@H](C2)N3C2CCC(c3cccc4c3CCN4C3CCC(=O)NC3=O)CC2)cn1. The van der Waals surface area contributed by atoms with Crippen LogP contribution in [-0.4, -0.2) is 98.8 Å². The first kappa shape index (κ1) is 31.9. The Balaban J connectivity index is 0.869. The number of rotatable bonds is 6. The van der Waals surface area contributed by atoms with Gasteiger partial charge in [0, 0.05) is 43.3 Å². The second kappa shape index (κ2) is 13.0. The molecule has 5 aliphatic rings. The molecule has 3 saturated heterocycles. The number of para-hydroxylation sites is 1. The van der Waals surface area contributed by atoms with Crippen molar-refractivity contribution in [3.05, 3.63) is 72.1 Å². The third-order valence-corrected chi connectivity index (χ3v) is 11.7. The van der Waals surface area contributed by atoms with Crippen LogP contribution in [-0.2, 0) is 20.7 Å². The highest BCUT2D eigenvalue weighted by atomic mass is 16.5. The summed E-state index contributed by atoms with van der Waals surface area (Å²) in [5, 5.41) is 25.9. The van der Waals surface area contributed by atoms with E-state index in [1.807, 2.05) is 24.5 Å². The molecule has 13 heteroatoms. The molecule has 0 radical (unpaired) electrons. The van der Waals surface area contributed by atoms with E-state index in [1.54, 1.807) is 22.9 Å². The highest BCUT2D eigenvalue weighted by Gasteiger charge is 2.44. The number of fused-ring (bicyclic) bond motifs is 3. The Hall–Kier alpha value is -5.01. The minimum atomic E-state index is -0.266. The second-order valence-electron chi connectivity index (χ2n) is 14.6. The van der Waals surface area contributed by atoms with Crippen LogP contribution in [0.1, 0.15) is 55.6 Å². The molecule has 0 spiro atoms. The summed E-state index contributed by atoms with van der Waals surface area (Å²) < 4.78 is 7.86. The Morgan fingerprint density at radius 3 is 2.47 bits per heavy atom. The lowest BCUT2D eigenvalue weighted by Crippen LogP contribution is -2.67. The van der Waals surface area contributed by atoms with Gasteiger partial charge in [0.2, 0.25) is 11.8 Å². The van der Waals surface area contributed by atoms with Crippen molar-refractivity contribution < 1.29 is 19.4 Å². The molecule has 51 heavy (non-hydrogen) atoms. The summed E-state index contributed by atoms with van der Waals surface area (Å²) in [6.45, 7) is 3.98. The van der Waals surface area contributed by atoms with E-state index < -0.39 is 0 Å². The molecule has 4 aliphatic heterocycles. The smallest absolute Gasteiger partial charge is 0.249 e. The molecule has 3 atom stereocenters. The fourth-order valence-corrected chi connectivity index (χ4v) is 9.36. The number of nitrogens with one attached hydrogen (secondary N) is 1. The number of amides is 2. The minimum Gasteiger partial charge on any atom is -0.507 e. The lowest BCUT2D eigenvalue weighted by Gasteiger charge is -2.54. The maximum atomic E-state index is 12.7. The summed E-state index contributed by atoms with van der Waals surface area (Å²) in [5.74, 6) is 0.582. The van der Waals surface area contributed by atoms with Crippen molar-refractivity contribution in [1.29, 1.82) is 0 Å². The van der Waals surface area contributed by atoms with Crippen LogP contribution < -0.4 is 20.9 Å². The number of phenolic OH excluding ortho intramolecular Hbond substituents is 1. The van der Waals surface area contributed by atoms with Gasteiger partial charge in [-0.25, -0.2) is 4.68 Å². The first-order chi connectivity index (χ1) is 24.9. The van der Waals surface area contributed by atoms with Gasteiger partial charge >= 0.3 is 0 Å². The summed E-state index contributed by atoms with van der Waals surface area (Å²) in [6.07, 6.45) is 10.4. The number of nitrogens with zero attached hydrogens (tertiary/aromatic N) is 7. The van der Waals surface area contributed by atoms with E-state index in [-0.39, 0.29) is 29.4 Å².